The van der Waals surface area contributed by atoms with Crippen LogP contribution >= 0.6 is 0 Å². The second-order valence-electron chi connectivity index (χ2n) is 6.94. The van der Waals surface area contributed by atoms with Crippen LogP contribution in [0.15, 0.2) is 48.7 Å². The van der Waals surface area contributed by atoms with Gasteiger partial charge in [-0.25, -0.2) is 0 Å². The highest BCUT2D eigenvalue weighted by Crippen LogP contribution is 2.32. The largest absolute Gasteiger partial charge is 0.376 e. The highest BCUT2D eigenvalue weighted by Gasteiger charge is 2.33. The summed E-state index contributed by atoms with van der Waals surface area (Å²) in [6, 6.07) is 14.1. The standard InChI is InChI=1S/C21H24N2O2/c24-21(17-11-4-9-15-10-5-13-22-19(15)17)23-20(18-12-6-14-25-18)16-7-2-1-3-8-16/h1-3,5,7-8,10,13,17-18,20H,4,6,9,11-12,14H2,(H,23,24). The minimum absolute atomic E-state index is 0.0538. The first-order valence-corrected chi connectivity index (χ1v) is 9.23. The van der Waals surface area contributed by atoms with Gasteiger partial charge in [-0.1, -0.05) is 36.4 Å². The maximum absolute atomic E-state index is 13.1. The van der Waals surface area contributed by atoms with Gasteiger partial charge in [-0.15, -0.1) is 0 Å². The van der Waals surface area contributed by atoms with Crippen LogP contribution in [-0.2, 0) is 16.0 Å². The second kappa shape index (κ2) is 7.36. The third-order valence-corrected chi connectivity index (χ3v) is 5.30. The molecule has 1 aromatic carbocycles. The van der Waals surface area contributed by atoms with E-state index in [-0.39, 0.29) is 24.0 Å². The van der Waals surface area contributed by atoms with Crippen molar-refractivity contribution in [2.45, 2.75) is 50.2 Å². The monoisotopic (exact) mass is 336 g/mol. The Morgan fingerprint density at radius 2 is 2.00 bits per heavy atom. The minimum Gasteiger partial charge on any atom is -0.376 e. The van der Waals surface area contributed by atoms with Crippen LogP contribution in [0.2, 0.25) is 0 Å². The molecule has 2 aromatic rings. The molecule has 3 atom stereocenters. The minimum atomic E-state index is -0.155. The zero-order valence-corrected chi connectivity index (χ0v) is 14.4. The maximum Gasteiger partial charge on any atom is 0.229 e. The van der Waals surface area contributed by atoms with Gasteiger partial charge in [-0.2, -0.15) is 0 Å². The average molecular weight is 336 g/mol. The Labute approximate surface area is 148 Å². The van der Waals surface area contributed by atoms with Gasteiger partial charge in [0.15, 0.2) is 0 Å². The molecule has 4 nitrogen and oxygen atoms in total. The molecule has 130 valence electrons. The number of nitrogens with one attached hydrogen (secondary N) is 1. The van der Waals surface area contributed by atoms with Gasteiger partial charge in [0.05, 0.1) is 23.8 Å². The lowest BCUT2D eigenvalue weighted by Crippen LogP contribution is -2.39. The van der Waals surface area contributed by atoms with Crippen LogP contribution in [0, 0.1) is 0 Å². The summed E-state index contributed by atoms with van der Waals surface area (Å²) in [6.45, 7) is 0.775. The summed E-state index contributed by atoms with van der Waals surface area (Å²) in [7, 11) is 0. The molecule has 0 saturated carbocycles. The number of pyridine rings is 1. The zero-order valence-electron chi connectivity index (χ0n) is 14.4. The van der Waals surface area contributed by atoms with Crippen molar-refractivity contribution in [1.29, 1.82) is 0 Å². The van der Waals surface area contributed by atoms with Crippen molar-refractivity contribution in [2.75, 3.05) is 6.61 Å². The first kappa shape index (κ1) is 16.3. The number of hydrogen-bond acceptors (Lipinski definition) is 3. The van der Waals surface area contributed by atoms with E-state index in [9.17, 15) is 4.79 Å². The Bertz CT molecular complexity index is 726. The molecule has 2 heterocycles. The van der Waals surface area contributed by atoms with Crippen LogP contribution in [0.4, 0.5) is 0 Å². The lowest BCUT2D eigenvalue weighted by Gasteiger charge is -2.29. The van der Waals surface area contributed by atoms with E-state index in [4.69, 9.17) is 4.74 Å². The van der Waals surface area contributed by atoms with Gasteiger partial charge in [0, 0.05) is 12.8 Å². The van der Waals surface area contributed by atoms with E-state index in [0.717, 1.165) is 50.0 Å². The SMILES string of the molecule is O=C(NC(c1ccccc1)C1CCCO1)C1CCCc2cccnc21. The summed E-state index contributed by atoms with van der Waals surface area (Å²) in [5, 5.41) is 3.28. The molecule has 1 fully saturated rings. The highest BCUT2D eigenvalue weighted by atomic mass is 16.5. The number of aromatic nitrogens is 1. The maximum atomic E-state index is 13.1. The van der Waals surface area contributed by atoms with Crippen molar-refractivity contribution in [2.24, 2.45) is 0 Å². The molecule has 0 spiro atoms. The molecule has 1 N–H and O–H groups in total. The first-order valence-electron chi connectivity index (χ1n) is 9.23. The Balaban J connectivity index is 1.57. The van der Waals surface area contributed by atoms with Crippen molar-refractivity contribution in [1.82, 2.24) is 10.3 Å². The molecule has 4 heteroatoms. The van der Waals surface area contributed by atoms with Gasteiger partial charge in [0.1, 0.15) is 0 Å². The van der Waals surface area contributed by atoms with E-state index in [1.807, 2.05) is 24.3 Å². The zero-order chi connectivity index (χ0) is 17.1. The van der Waals surface area contributed by atoms with Gasteiger partial charge in [-0.05, 0) is 49.3 Å². The Morgan fingerprint density at radius 3 is 2.80 bits per heavy atom. The topological polar surface area (TPSA) is 51.2 Å². The van der Waals surface area contributed by atoms with Gasteiger partial charge in [0.2, 0.25) is 5.91 Å². The van der Waals surface area contributed by atoms with Crippen LogP contribution in [-0.4, -0.2) is 23.6 Å². The molecule has 3 unspecified atom stereocenters. The summed E-state index contributed by atoms with van der Waals surface area (Å²) in [5.74, 6) is -0.0819. The number of carbonyl (C=O) groups excluding carboxylic acids is 1. The van der Waals surface area contributed by atoms with Crippen LogP contribution in [0.5, 0.6) is 0 Å². The summed E-state index contributed by atoms with van der Waals surface area (Å²) < 4.78 is 5.90. The van der Waals surface area contributed by atoms with Crippen molar-refractivity contribution >= 4 is 5.91 Å². The Kier molecular flexibility index (Phi) is 4.79. The van der Waals surface area contributed by atoms with E-state index in [1.165, 1.54) is 5.56 Å². The fourth-order valence-electron chi connectivity index (χ4n) is 4.04. The summed E-state index contributed by atoms with van der Waals surface area (Å²) in [6.07, 6.45) is 6.80. The van der Waals surface area contributed by atoms with Gasteiger partial charge >= 0.3 is 0 Å². The third kappa shape index (κ3) is 3.45. The van der Waals surface area contributed by atoms with E-state index in [0.29, 0.717) is 0 Å². The quantitative estimate of drug-likeness (QED) is 0.929. The molecule has 4 rings (SSSR count). The number of amides is 1. The van der Waals surface area contributed by atoms with Crippen molar-refractivity contribution in [3.05, 3.63) is 65.5 Å². The summed E-state index contributed by atoms with van der Waals surface area (Å²) >= 11 is 0. The molecule has 1 aliphatic carbocycles. The summed E-state index contributed by atoms with van der Waals surface area (Å²) in [4.78, 5) is 17.6. The Morgan fingerprint density at radius 1 is 1.12 bits per heavy atom. The smallest absolute Gasteiger partial charge is 0.229 e. The van der Waals surface area contributed by atoms with E-state index < -0.39 is 0 Å². The lowest BCUT2D eigenvalue weighted by atomic mass is 9.85. The number of carbonyl (C=O) groups is 1. The van der Waals surface area contributed by atoms with Gasteiger partial charge in [0.25, 0.3) is 0 Å². The second-order valence-corrected chi connectivity index (χ2v) is 6.94. The number of aryl methyl sites for hydroxylation is 1. The van der Waals surface area contributed by atoms with Crippen LogP contribution < -0.4 is 5.32 Å². The van der Waals surface area contributed by atoms with Crippen molar-refractivity contribution in [3.63, 3.8) is 0 Å². The number of ether oxygens (including phenoxy) is 1. The predicted octanol–water partition coefficient (Wildman–Crippen LogP) is 3.54. The molecule has 1 aliphatic heterocycles. The first-order chi connectivity index (χ1) is 12.3. The lowest BCUT2D eigenvalue weighted by molar-refractivity contribution is -0.124. The number of hydrogen-bond donors (Lipinski definition) is 1. The van der Waals surface area contributed by atoms with Gasteiger partial charge in [-0.3, -0.25) is 9.78 Å². The molecule has 1 aromatic heterocycles. The predicted molar refractivity (Wildman–Crippen MR) is 96.2 cm³/mol. The molecule has 1 amide bonds. The number of benzene rings is 1. The Hall–Kier alpha value is -2.20. The summed E-state index contributed by atoms with van der Waals surface area (Å²) in [5.41, 5.74) is 3.27. The third-order valence-electron chi connectivity index (χ3n) is 5.30. The fraction of sp³-hybridized carbons (Fsp3) is 0.429. The number of nitrogens with zero attached hydrogens (tertiary/aromatic N) is 1. The van der Waals surface area contributed by atoms with Gasteiger partial charge < -0.3 is 10.1 Å². The van der Waals surface area contributed by atoms with Crippen molar-refractivity contribution < 1.29 is 9.53 Å². The van der Waals surface area contributed by atoms with Crippen molar-refractivity contribution in [3.8, 4) is 0 Å². The number of rotatable bonds is 4. The molecular weight excluding hydrogens is 312 g/mol. The van der Waals surface area contributed by atoms with E-state index in [1.54, 1.807) is 6.20 Å². The van der Waals surface area contributed by atoms with Crippen LogP contribution in [0.3, 0.4) is 0 Å². The molecule has 1 saturated heterocycles. The normalized spacial score (nSPS) is 23.7. The highest BCUT2D eigenvalue weighted by molar-refractivity contribution is 5.84. The molecule has 25 heavy (non-hydrogen) atoms. The molecule has 2 aliphatic rings. The number of fused-ring (bicyclic) bond motifs is 1. The van der Waals surface area contributed by atoms with E-state index in [2.05, 4.69) is 28.5 Å². The fourth-order valence-corrected chi connectivity index (χ4v) is 4.04. The molecular formula is C21H24N2O2. The van der Waals surface area contributed by atoms with Crippen LogP contribution in [0.25, 0.3) is 0 Å². The van der Waals surface area contributed by atoms with E-state index >= 15 is 0 Å². The average Bonchev–Trinajstić information content (AvgIpc) is 3.20. The van der Waals surface area contributed by atoms with Crippen LogP contribution in [0.1, 0.15) is 54.5 Å². The molecule has 0 bridgehead atoms. The molecule has 0 radical (unpaired) electrons.